The summed E-state index contributed by atoms with van der Waals surface area (Å²) in [5.41, 5.74) is 2.37. The van der Waals surface area contributed by atoms with Crippen LogP contribution in [0.1, 0.15) is 48.5 Å². The fourth-order valence-electron chi connectivity index (χ4n) is 3.45. The van der Waals surface area contributed by atoms with Crippen molar-refractivity contribution in [1.29, 1.82) is 0 Å². The number of aromatic nitrogens is 3. The molecule has 6 heteroatoms. The van der Waals surface area contributed by atoms with Gasteiger partial charge in [-0.3, -0.25) is 4.79 Å². The van der Waals surface area contributed by atoms with Crippen molar-refractivity contribution in [2.45, 2.75) is 51.1 Å². The van der Waals surface area contributed by atoms with Crippen molar-refractivity contribution in [3.05, 3.63) is 47.0 Å². The van der Waals surface area contributed by atoms with E-state index in [4.69, 9.17) is 0 Å². The van der Waals surface area contributed by atoms with Gasteiger partial charge in [-0.05, 0) is 44.5 Å². The number of carbonyl (C=O) groups excluding carboxylic acids is 1. The molecule has 1 amide bonds. The molecule has 3 rings (SSSR count). The monoisotopic (exact) mass is 355 g/mol. The lowest BCUT2D eigenvalue weighted by molar-refractivity contribution is -0.121. The van der Waals surface area contributed by atoms with Crippen LogP contribution < -0.4 is 5.32 Å². The van der Waals surface area contributed by atoms with Crippen LogP contribution in [0.25, 0.3) is 0 Å². The number of benzene rings is 1. The Hall–Kier alpha value is -2.21. The van der Waals surface area contributed by atoms with E-state index in [1.54, 1.807) is 0 Å². The lowest BCUT2D eigenvalue weighted by atomic mass is 9.79. The van der Waals surface area contributed by atoms with E-state index < -0.39 is 0 Å². The first-order chi connectivity index (χ1) is 12.5. The molecule has 1 aliphatic carbocycles. The predicted octanol–water partition coefficient (Wildman–Crippen LogP) is 2.04. The summed E-state index contributed by atoms with van der Waals surface area (Å²) in [6.07, 6.45) is 3.35. The van der Waals surface area contributed by atoms with Crippen LogP contribution in [0, 0.1) is 0 Å². The highest BCUT2D eigenvalue weighted by Crippen LogP contribution is 2.35. The van der Waals surface area contributed by atoms with Crippen LogP contribution in [0.2, 0.25) is 0 Å². The molecule has 1 N–H and O–H groups in total. The molecule has 140 valence electrons. The zero-order valence-corrected chi connectivity index (χ0v) is 16.2. The van der Waals surface area contributed by atoms with E-state index in [9.17, 15) is 4.79 Å². The molecule has 0 bridgehead atoms. The molecule has 1 fully saturated rings. The van der Waals surface area contributed by atoms with Crippen molar-refractivity contribution in [3.8, 4) is 0 Å². The minimum Gasteiger partial charge on any atom is -0.353 e. The van der Waals surface area contributed by atoms with Crippen LogP contribution in [-0.2, 0) is 31.2 Å². The van der Waals surface area contributed by atoms with Crippen molar-refractivity contribution >= 4 is 5.91 Å². The average molecular weight is 355 g/mol. The summed E-state index contributed by atoms with van der Waals surface area (Å²) in [4.78, 5) is 14.3. The standard InChI is InChI=1S/C20H29N5O/c1-5-14-6-8-15(9-7-14)10-19(26)21-17-11-16(12-17)20-23-22-18(25(20)4)13-24(2)3/h6-9,16-17H,5,10-13H2,1-4H3,(H,21,26). The van der Waals surface area contributed by atoms with Gasteiger partial charge in [-0.2, -0.15) is 0 Å². The van der Waals surface area contributed by atoms with Crippen LogP contribution in [-0.4, -0.2) is 45.7 Å². The number of nitrogens with one attached hydrogen (secondary N) is 1. The Bertz CT molecular complexity index is 744. The number of nitrogens with zero attached hydrogens (tertiary/aromatic N) is 4. The van der Waals surface area contributed by atoms with E-state index in [0.717, 1.165) is 43.0 Å². The summed E-state index contributed by atoms with van der Waals surface area (Å²) in [7, 11) is 6.08. The largest absolute Gasteiger partial charge is 0.353 e. The number of carbonyl (C=O) groups is 1. The van der Waals surface area contributed by atoms with E-state index in [1.165, 1.54) is 5.56 Å². The molecule has 26 heavy (non-hydrogen) atoms. The third-order valence-corrected chi connectivity index (χ3v) is 5.12. The van der Waals surface area contributed by atoms with Crippen LogP contribution in [0.15, 0.2) is 24.3 Å². The molecule has 1 heterocycles. The van der Waals surface area contributed by atoms with Crippen molar-refractivity contribution in [1.82, 2.24) is 25.0 Å². The molecule has 0 aliphatic heterocycles. The molecule has 1 aliphatic rings. The average Bonchev–Trinajstić information content (AvgIpc) is 2.91. The third kappa shape index (κ3) is 4.30. The zero-order chi connectivity index (χ0) is 18.7. The first-order valence-electron chi connectivity index (χ1n) is 9.36. The van der Waals surface area contributed by atoms with E-state index in [-0.39, 0.29) is 11.9 Å². The fraction of sp³-hybridized carbons (Fsp3) is 0.550. The first kappa shape index (κ1) is 18.6. The maximum Gasteiger partial charge on any atom is 0.224 e. The number of aryl methyl sites for hydroxylation is 1. The Morgan fingerprint density at radius 3 is 2.46 bits per heavy atom. The molecular weight excluding hydrogens is 326 g/mol. The molecule has 0 spiro atoms. The zero-order valence-electron chi connectivity index (χ0n) is 16.2. The highest BCUT2D eigenvalue weighted by molar-refractivity contribution is 5.79. The Labute approximate surface area is 155 Å². The van der Waals surface area contributed by atoms with E-state index in [0.29, 0.717) is 12.3 Å². The second-order valence-corrected chi connectivity index (χ2v) is 7.55. The summed E-state index contributed by atoms with van der Waals surface area (Å²) in [6, 6.07) is 8.54. The van der Waals surface area contributed by atoms with Crippen molar-refractivity contribution in [2.24, 2.45) is 7.05 Å². The van der Waals surface area contributed by atoms with Crippen LogP contribution in [0.4, 0.5) is 0 Å². The first-order valence-corrected chi connectivity index (χ1v) is 9.36. The minimum atomic E-state index is 0.101. The molecule has 0 atom stereocenters. The topological polar surface area (TPSA) is 63.1 Å². The highest BCUT2D eigenvalue weighted by atomic mass is 16.1. The molecule has 0 unspecified atom stereocenters. The summed E-state index contributed by atoms with van der Waals surface area (Å²) in [5, 5.41) is 11.8. The molecule has 0 saturated heterocycles. The van der Waals surface area contributed by atoms with Crippen LogP contribution in [0.3, 0.4) is 0 Å². The third-order valence-electron chi connectivity index (χ3n) is 5.12. The molecular formula is C20H29N5O. The van der Waals surface area contributed by atoms with Gasteiger partial charge in [-0.15, -0.1) is 10.2 Å². The molecule has 1 aromatic heterocycles. The fourth-order valence-corrected chi connectivity index (χ4v) is 3.45. The number of amides is 1. The van der Waals surface area contributed by atoms with Crippen LogP contribution >= 0.6 is 0 Å². The quantitative estimate of drug-likeness (QED) is 0.826. The van der Waals surface area contributed by atoms with Gasteiger partial charge in [0.1, 0.15) is 11.6 Å². The van der Waals surface area contributed by atoms with Gasteiger partial charge < -0.3 is 14.8 Å². The summed E-state index contributed by atoms with van der Waals surface area (Å²) >= 11 is 0. The van der Waals surface area contributed by atoms with Gasteiger partial charge in [0.15, 0.2) is 0 Å². The van der Waals surface area contributed by atoms with Crippen molar-refractivity contribution < 1.29 is 4.79 Å². The normalized spacial score (nSPS) is 19.4. The van der Waals surface area contributed by atoms with Gasteiger partial charge >= 0.3 is 0 Å². The van der Waals surface area contributed by atoms with Gasteiger partial charge in [-0.1, -0.05) is 31.2 Å². The maximum atomic E-state index is 12.3. The van der Waals surface area contributed by atoms with Gasteiger partial charge in [0.05, 0.1) is 13.0 Å². The van der Waals surface area contributed by atoms with Crippen molar-refractivity contribution in [3.63, 3.8) is 0 Å². The molecule has 2 aromatic rings. The van der Waals surface area contributed by atoms with E-state index in [2.05, 4.69) is 44.0 Å². The Morgan fingerprint density at radius 2 is 1.85 bits per heavy atom. The Morgan fingerprint density at radius 1 is 1.19 bits per heavy atom. The lowest BCUT2D eigenvalue weighted by Gasteiger charge is -2.35. The number of hydrogen-bond acceptors (Lipinski definition) is 4. The minimum absolute atomic E-state index is 0.101. The van der Waals surface area contributed by atoms with Gasteiger partial charge in [0.25, 0.3) is 0 Å². The van der Waals surface area contributed by atoms with Gasteiger partial charge in [-0.25, -0.2) is 0 Å². The van der Waals surface area contributed by atoms with Crippen LogP contribution in [0.5, 0.6) is 0 Å². The number of hydrogen-bond donors (Lipinski definition) is 1. The lowest BCUT2D eigenvalue weighted by Crippen LogP contribution is -2.44. The summed E-state index contributed by atoms with van der Waals surface area (Å²) in [5.74, 6) is 2.50. The summed E-state index contributed by atoms with van der Waals surface area (Å²) < 4.78 is 2.10. The SMILES string of the molecule is CCc1ccc(CC(=O)NC2CC(c3nnc(CN(C)C)n3C)C2)cc1. The second-order valence-electron chi connectivity index (χ2n) is 7.55. The summed E-state index contributed by atoms with van der Waals surface area (Å²) in [6.45, 7) is 2.92. The number of rotatable bonds is 7. The van der Waals surface area contributed by atoms with E-state index in [1.807, 2.05) is 33.3 Å². The maximum absolute atomic E-state index is 12.3. The highest BCUT2D eigenvalue weighted by Gasteiger charge is 2.34. The van der Waals surface area contributed by atoms with Gasteiger partial charge in [0, 0.05) is 19.0 Å². The Balaban J connectivity index is 1.47. The second kappa shape index (κ2) is 7.99. The molecule has 6 nitrogen and oxygen atoms in total. The van der Waals surface area contributed by atoms with E-state index >= 15 is 0 Å². The van der Waals surface area contributed by atoms with Gasteiger partial charge in [0.2, 0.25) is 5.91 Å². The van der Waals surface area contributed by atoms with Crippen molar-refractivity contribution in [2.75, 3.05) is 14.1 Å². The molecule has 1 aromatic carbocycles. The predicted molar refractivity (Wildman–Crippen MR) is 102 cm³/mol. The smallest absolute Gasteiger partial charge is 0.224 e. The molecule has 1 saturated carbocycles. The Kier molecular flexibility index (Phi) is 5.71. The molecule has 0 radical (unpaired) electrons.